The zero-order valence-corrected chi connectivity index (χ0v) is 13.6. The van der Waals surface area contributed by atoms with Crippen molar-refractivity contribution in [1.29, 1.82) is 0 Å². The van der Waals surface area contributed by atoms with E-state index in [4.69, 9.17) is 4.74 Å². The first kappa shape index (κ1) is 16.8. The van der Waals surface area contributed by atoms with Gasteiger partial charge in [0.2, 0.25) is 0 Å². The molecule has 1 aliphatic rings. The molecule has 4 nitrogen and oxygen atoms in total. The van der Waals surface area contributed by atoms with Gasteiger partial charge in [0.25, 0.3) is 0 Å². The Balaban J connectivity index is 1.75. The average Bonchev–Trinajstić information content (AvgIpc) is 2.63. The van der Waals surface area contributed by atoms with E-state index in [0.717, 1.165) is 37.7 Å². The molecule has 1 amide bonds. The Morgan fingerprint density at radius 3 is 2.64 bits per heavy atom. The van der Waals surface area contributed by atoms with Crippen molar-refractivity contribution in [1.82, 2.24) is 5.32 Å². The molecule has 0 aromatic heterocycles. The number of carbonyl (C=O) groups is 1. The fourth-order valence-corrected chi connectivity index (χ4v) is 2.90. The normalized spacial score (nSPS) is 24.3. The molecular formula is C18H27NO3. The SMILES string of the molecule is CC1(C)CCCC(O)(CNC(=O)OCc2ccccc2)CC1. The van der Waals surface area contributed by atoms with E-state index in [1.165, 1.54) is 0 Å². The Hall–Kier alpha value is -1.55. The predicted molar refractivity (Wildman–Crippen MR) is 86.4 cm³/mol. The summed E-state index contributed by atoms with van der Waals surface area (Å²) < 4.78 is 5.18. The van der Waals surface area contributed by atoms with Crippen molar-refractivity contribution in [2.24, 2.45) is 5.41 Å². The van der Waals surface area contributed by atoms with Crippen LogP contribution in [0.5, 0.6) is 0 Å². The predicted octanol–water partition coefficient (Wildman–Crippen LogP) is 3.63. The van der Waals surface area contributed by atoms with E-state index >= 15 is 0 Å². The van der Waals surface area contributed by atoms with Gasteiger partial charge in [-0.2, -0.15) is 0 Å². The number of carbonyl (C=O) groups excluding carboxylic acids is 1. The molecule has 0 heterocycles. The highest BCUT2D eigenvalue weighted by molar-refractivity contribution is 5.67. The quantitative estimate of drug-likeness (QED) is 0.835. The Morgan fingerprint density at radius 2 is 1.91 bits per heavy atom. The topological polar surface area (TPSA) is 58.6 Å². The van der Waals surface area contributed by atoms with Crippen LogP contribution in [0.2, 0.25) is 0 Å². The van der Waals surface area contributed by atoms with Gasteiger partial charge in [-0.1, -0.05) is 44.2 Å². The molecule has 0 aliphatic heterocycles. The molecule has 1 aliphatic carbocycles. The molecule has 1 atom stereocenters. The van der Waals surface area contributed by atoms with E-state index in [1.807, 2.05) is 30.3 Å². The molecule has 0 saturated heterocycles. The highest BCUT2D eigenvalue weighted by Crippen LogP contribution is 2.37. The number of rotatable bonds is 4. The maximum Gasteiger partial charge on any atom is 0.407 e. The summed E-state index contributed by atoms with van der Waals surface area (Å²) in [5, 5.41) is 13.4. The van der Waals surface area contributed by atoms with E-state index in [2.05, 4.69) is 19.2 Å². The van der Waals surface area contributed by atoms with Crippen LogP contribution in [0.1, 0.15) is 51.5 Å². The standard InChI is InChI=1S/C18H27NO3/c1-17(2)9-6-10-18(21,12-11-17)14-19-16(20)22-13-15-7-4-3-5-8-15/h3-5,7-8,21H,6,9-14H2,1-2H3,(H,19,20). The third kappa shape index (κ3) is 5.34. The summed E-state index contributed by atoms with van der Waals surface area (Å²) >= 11 is 0. The number of hydrogen-bond acceptors (Lipinski definition) is 3. The highest BCUT2D eigenvalue weighted by Gasteiger charge is 2.34. The van der Waals surface area contributed by atoms with Gasteiger partial charge in [-0.3, -0.25) is 0 Å². The van der Waals surface area contributed by atoms with Crippen LogP contribution in [-0.2, 0) is 11.3 Å². The van der Waals surface area contributed by atoms with Crippen LogP contribution >= 0.6 is 0 Å². The van der Waals surface area contributed by atoms with Gasteiger partial charge in [0.05, 0.1) is 5.60 Å². The first-order valence-electron chi connectivity index (χ1n) is 8.06. The van der Waals surface area contributed by atoms with Crippen molar-refractivity contribution in [3.8, 4) is 0 Å². The van der Waals surface area contributed by atoms with E-state index < -0.39 is 11.7 Å². The minimum absolute atomic E-state index is 0.248. The molecule has 122 valence electrons. The van der Waals surface area contributed by atoms with Gasteiger partial charge in [0.1, 0.15) is 6.61 Å². The van der Waals surface area contributed by atoms with Crippen LogP contribution in [0.15, 0.2) is 30.3 Å². The molecule has 0 bridgehead atoms. The highest BCUT2D eigenvalue weighted by atomic mass is 16.5. The molecule has 4 heteroatoms. The molecule has 1 aromatic rings. The fourth-order valence-electron chi connectivity index (χ4n) is 2.90. The molecule has 22 heavy (non-hydrogen) atoms. The summed E-state index contributed by atoms with van der Waals surface area (Å²) in [6.45, 7) is 4.98. The molecule has 0 radical (unpaired) electrons. The second-order valence-corrected chi connectivity index (χ2v) is 7.16. The van der Waals surface area contributed by atoms with E-state index in [0.29, 0.717) is 0 Å². The molecule has 2 N–H and O–H groups in total. The lowest BCUT2D eigenvalue weighted by molar-refractivity contribution is 0.0212. The number of nitrogens with one attached hydrogen (secondary N) is 1. The zero-order valence-electron chi connectivity index (χ0n) is 13.6. The first-order chi connectivity index (χ1) is 10.4. The Kier molecular flexibility index (Phi) is 5.46. The largest absolute Gasteiger partial charge is 0.445 e. The maximum absolute atomic E-state index is 11.8. The molecule has 0 spiro atoms. The first-order valence-corrected chi connectivity index (χ1v) is 8.06. The maximum atomic E-state index is 11.8. The minimum atomic E-state index is -0.806. The van der Waals surface area contributed by atoms with E-state index in [-0.39, 0.29) is 18.6 Å². The Bertz CT molecular complexity index is 486. The van der Waals surface area contributed by atoms with E-state index in [1.54, 1.807) is 0 Å². The van der Waals surface area contributed by atoms with Gasteiger partial charge < -0.3 is 15.2 Å². The fraction of sp³-hybridized carbons (Fsp3) is 0.611. The van der Waals surface area contributed by atoms with Gasteiger partial charge in [0, 0.05) is 6.54 Å². The van der Waals surface area contributed by atoms with Crippen LogP contribution in [-0.4, -0.2) is 23.3 Å². The van der Waals surface area contributed by atoms with Crippen molar-refractivity contribution >= 4 is 6.09 Å². The summed E-state index contributed by atoms with van der Waals surface area (Å²) in [6.07, 6.45) is 4.07. The third-order valence-corrected chi connectivity index (χ3v) is 4.54. The summed E-state index contributed by atoms with van der Waals surface area (Å²) in [5.41, 5.74) is 0.422. The van der Waals surface area contributed by atoms with Gasteiger partial charge >= 0.3 is 6.09 Å². The lowest BCUT2D eigenvalue weighted by Crippen LogP contribution is -2.42. The molecule has 1 unspecified atom stereocenters. The van der Waals surface area contributed by atoms with Crippen molar-refractivity contribution in [3.63, 3.8) is 0 Å². The van der Waals surface area contributed by atoms with E-state index in [9.17, 15) is 9.90 Å². The van der Waals surface area contributed by atoms with Gasteiger partial charge in [-0.25, -0.2) is 4.79 Å². The van der Waals surface area contributed by atoms with Crippen molar-refractivity contribution in [3.05, 3.63) is 35.9 Å². The number of hydrogen-bond donors (Lipinski definition) is 2. The Labute approximate surface area is 132 Å². The molecule has 1 fully saturated rings. The molecule has 1 aromatic carbocycles. The second-order valence-electron chi connectivity index (χ2n) is 7.16. The number of alkyl carbamates (subject to hydrolysis) is 1. The lowest BCUT2D eigenvalue weighted by Gasteiger charge is -2.28. The number of aliphatic hydroxyl groups is 1. The summed E-state index contributed by atoms with van der Waals surface area (Å²) in [6, 6.07) is 9.56. The monoisotopic (exact) mass is 305 g/mol. The Morgan fingerprint density at radius 1 is 1.18 bits per heavy atom. The van der Waals surface area contributed by atoms with Crippen LogP contribution in [0, 0.1) is 5.41 Å². The minimum Gasteiger partial charge on any atom is -0.445 e. The van der Waals surface area contributed by atoms with Gasteiger partial charge in [-0.15, -0.1) is 0 Å². The number of benzene rings is 1. The molecule has 1 saturated carbocycles. The average molecular weight is 305 g/mol. The van der Waals surface area contributed by atoms with Gasteiger partial charge in [-0.05, 0) is 43.1 Å². The molecular weight excluding hydrogens is 278 g/mol. The van der Waals surface area contributed by atoms with Gasteiger partial charge in [0.15, 0.2) is 0 Å². The van der Waals surface area contributed by atoms with Crippen LogP contribution in [0.4, 0.5) is 4.79 Å². The number of amides is 1. The van der Waals surface area contributed by atoms with Crippen molar-refractivity contribution in [2.75, 3.05) is 6.54 Å². The summed E-state index contributed by atoms with van der Waals surface area (Å²) in [4.78, 5) is 11.8. The summed E-state index contributed by atoms with van der Waals surface area (Å²) in [7, 11) is 0. The van der Waals surface area contributed by atoms with Crippen molar-refractivity contribution in [2.45, 2.75) is 58.2 Å². The van der Waals surface area contributed by atoms with Crippen molar-refractivity contribution < 1.29 is 14.6 Å². The third-order valence-electron chi connectivity index (χ3n) is 4.54. The second kappa shape index (κ2) is 7.14. The number of ether oxygens (including phenoxy) is 1. The van der Waals surface area contributed by atoms with Crippen LogP contribution in [0.25, 0.3) is 0 Å². The smallest absolute Gasteiger partial charge is 0.407 e. The van der Waals surface area contributed by atoms with Crippen LogP contribution in [0.3, 0.4) is 0 Å². The lowest BCUT2D eigenvalue weighted by atomic mass is 9.84. The zero-order chi connectivity index (χ0) is 16.1. The summed E-state index contributed by atoms with van der Waals surface area (Å²) in [5.74, 6) is 0. The molecule has 2 rings (SSSR count). The van der Waals surface area contributed by atoms with Crippen LogP contribution < -0.4 is 5.32 Å².